The van der Waals surface area contributed by atoms with Gasteiger partial charge in [0, 0.05) is 39.3 Å². The quantitative estimate of drug-likeness (QED) is 0.182. The molecular formula is C50H28N4O. The first kappa shape index (κ1) is 31.0. The number of furan rings is 1. The van der Waals surface area contributed by atoms with Gasteiger partial charge in [-0.3, -0.25) is 0 Å². The summed E-state index contributed by atoms with van der Waals surface area (Å²) in [5, 5.41) is 22.4. The number of rotatable bonds is 4. The van der Waals surface area contributed by atoms with Gasteiger partial charge in [-0.05, 0) is 93.0 Å². The minimum Gasteiger partial charge on any atom is -0.456 e. The third-order valence-corrected chi connectivity index (χ3v) is 11.3. The Labute approximate surface area is 317 Å². The van der Waals surface area contributed by atoms with Gasteiger partial charge >= 0.3 is 0 Å². The fraction of sp³-hybridized carbons (Fsp3) is 0.0400. The zero-order chi connectivity index (χ0) is 36.6. The van der Waals surface area contributed by atoms with Crippen LogP contribution in [0.25, 0.3) is 67.0 Å². The molecule has 0 saturated heterocycles. The maximum Gasteiger partial charge on any atom is 0.160 e. The number of para-hydroxylation sites is 1. The number of fused-ring (bicyclic) bond motifs is 3. The van der Waals surface area contributed by atoms with Crippen molar-refractivity contribution in [3.8, 4) is 57.2 Å². The third kappa shape index (κ3) is 4.78. The van der Waals surface area contributed by atoms with E-state index in [1.807, 2.05) is 66.7 Å². The van der Waals surface area contributed by atoms with E-state index in [9.17, 15) is 10.5 Å². The molecule has 0 radical (unpaired) electrons. The molecule has 0 saturated carbocycles. The third-order valence-electron chi connectivity index (χ3n) is 11.3. The molecule has 0 fully saturated rings. The van der Waals surface area contributed by atoms with E-state index >= 15 is 0 Å². The summed E-state index contributed by atoms with van der Waals surface area (Å²) >= 11 is 0. The number of hydrogen-bond donors (Lipinski definition) is 0. The SMILES string of the molecule is N#Cc1ccc2c(c1)C1c3ccccc3C2c2c(-c3nc(-c4ccc(-c5ccccc5)cc4)cc(-c4ccc5c(c4)oc4ccccc45)n3)cc(C#N)cc21. The number of nitriles is 2. The predicted octanol–water partition coefficient (Wildman–Crippen LogP) is 11.8. The van der Waals surface area contributed by atoms with Crippen LogP contribution in [-0.2, 0) is 0 Å². The highest BCUT2D eigenvalue weighted by molar-refractivity contribution is 6.05. The van der Waals surface area contributed by atoms with Crippen LogP contribution in [0, 0.1) is 22.7 Å². The maximum absolute atomic E-state index is 10.5. The highest BCUT2D eigenvalue weighted by Crippen LogP contribution is 2.58. The van der Waals surface area contributed by atoms with Crippen LogP contribution in [0.1, 0.15) is 56.3 Å². The van der Waals surface area contributed by atoms with E-state index in [0.717, 1.165) is 77.8 Å². The molecule has 2 heterocycles. The zero-order valence-electron chi connectivity index (χ0n) is 29.4. The Morgan fingerprint density at radius 1 is 0.436 bits per heavy atom. The van der Waals surface area contributed by atoms with E-state index < -0.39 is 0 Å². The molecule has 3 aliphatic rings. The van der Waals surface area contributed by atoms with Crippen molar-refractivity contribution < 1.29 is 4.42 Å². The summed E-state index contributed by atoms with van der Waals surface area (Å²) in [7, 11) is 0. The van der Waals surface area contributed by atoms with Gasteiger partial charge in [-0.25, -0.2) is 9.97 Å². The Morgan fingerprint density at radius 2 is 1.05 bits per heavy atom. The maximum atomic E-state index is 10.5. The van der Waals surface area contributed by atoms with Gasteiger partial charge in [-0.15, -0.1) is 0 Å². The van der Waals surface area contributed by atoms with Gasteiger partial charge in [0.2, 0.25) is 0 Å². The lowest BCUT2D eigenvalue weighted by Gasteiger charge is -2.43. The second-order valence-electron chi connectivity index (χ2n) is 14.3. The van der Waals surface area contributed by atoms with Crippen LogP contribution >= 0.6 is 0 Å². The Hall–Kier alpha value is -7.60. The summed E-state index contributed by atoms with van der Waals surface area (Å²) in [4.78, 5) is 10.6. The van der Waals surface area contributed by atoms with Crippen molar-refractivity contribution >= 4 is 21.9 Å². The van der Waals surface area contributed by atoms with E-state index in [1.165, 1.54) is 16.7 Å². The molecule has 2 bridgehead atoms. The highest BCUT2D eigenvalue weighted by atomic mass is 16.3. The minimum absolute atomic E-state index is 0.116. The number of nitrogens with zero attached hydrogens (tertiary/aromatic N) is 4. The second kappa shape index (κ2) is 12.0. The monoisotopic (exact) mass is 700 g/mol. The Morgan fingerprint density at radius 3 is 1.85 bits per heavy atom. The van der Waals surface area contributed by atoms with Crippen molar-refractivity contribution in [2.45, 2.75) is 11.8 Å². The Kier molecular flexibility index (Phi) is 6.74. The summed E-state index contributed by atoms with van der Waals surface area (Å²) in [6.45, 7) is 0. The molecule has 12 rings (SSSR count). The Balaban J connectivity index is 1.15. The fourth-order valence-corrected chi connectivity index (χ4v) is 8.87. The first-order valence-corrected chi connectivity index (χ1v) is 18.3. The molecular weight excluding hydrogens is 673 g/mol. The number of benzene rings is 7. The Bertz CT molecular complexity index is 3130. The van der Waals surface area contributed by atoms with Crippen molar-refractivity contribution in [3.05, 3.63) is 202 Å². The van der Waals surface area contributed by atoms with Crippen LogP contribution in [0.3, 0.4) is 0 Å². The first-order valence-electron chi connectivity index (χ1n) is 18.3. The lowest BCUT2D eigenvalue weighted by atomic mass is 9.60. The molecule has 0 N–H and O–H groups in total. The normalized spacial score (nSPS) is 14.9. The van der Waals surface area contributed by atoms with Crippen LogP contribution in [0.2, 0.25) is 0 Å². The standard InChI is InChI=1S/C50H28N4O/c51-27-29-14-20-39-40(22-29)47-37-11-4-5-12-38(37)48(39)49-41(47)23-30(28-52)24-42(49)50-53-43(33-17-15-32(16-18-33)31-8-2-1-3-9-31)26-44(54-50)34-19-21-36-35-10-6-7-13-45(35)55-46(36)25-34/h1-26,47-48H. The summed E-state index contributed by atoms with van der Waals surface area (Å²) in [6.07, 6.45) is 0. The number of aromatic nitrogens is 2. The van der Waals surface area contributed by atoms with Gasteiger partial charge in [0.1, 0.15) is 11.2 Å². The second-order valence-corrected chi connectivity index (χ2v) is 14.3. The predicted molar refractivity (Wildman–Crippen MR) is 215 cm³/mol. The molecule has 2 atom stereocenters. The smallest absolute Gasteiger partial charge is 0.160 e. The summed E-state index contributed by atoms with van der Waals surface area (Å²) in [6, 6.07) is 58.6. The van der Waals surface area contributed by atoms with E-state index in [-0.39, 0.29) is 11.8 Å². The largest absolute Gasteiger partial charge is 0.456 e. The van der Waals surface area contributed by atoms with E-state index in [1.54, 1.807) is 0 Å². The van der Waals surface area contributed by atoms with Crippen LogP contribution < -0.4 is 0 Å². The van der Waals surface area contributed by atoms with Gasteiger partial charge in [-0.2, -0.15) is 10.5 Å². The summed E-state index contributed by atoms with van der Waals surface area (Å²) in [5.74, 6) is 0.308. The van der Waals surface area contributed by atoms with E-state index in [4.69, 9.17) is 14.4 Å². The van der Waals surface area contributed by atoms with Crippen LogP contribution in [0.4, 0.5) is 0 Å². The van der Waals surface area contributed by atoms with Gasteiger partial charge in [0.25, 0.3) is 0 Å². The van der Waals surface area contributed by atoms with Gasteiger partial charge in [0.15, 0.2) is 5.82 Å². The average Bonchev–Trinajstić information content (AvgIpc) is 3.64. The first-order chi connectivity index (χ1) is 27.1. The summed E-state index contributed by atoms with van der Waals surface area (Å²) < 4.78 is 6.32. The van der Waals surface area contributed by atoms with Crippen molar-refractivity contribution in [1.82, 2.24) is 9.97 Å². The van der Waals surface area contributed by atoms with Crippen LogP contribution in [0.5, 0.6) is 0 Å². The number of hydrogen-bond acceptors (Lipinski definition) is 5. The molecule has 2 unspecified atom stereocenters. The van der Waals surface area contributed by atoms with Crippen molar-refractivity contribution in [1.29, 1.82) is 10.5 Å². The molecule has 0 amide bonds. The zero-order valence-corrected chi connectivity index (χ0v) is 29.4. The topological polar surface area (TPSA) is 86.5 Å². The molecule has 2 aromatic heterocycles. The van der Waals surface area contributed by atoms with Gasteiger partial charge in [-0.1, -0.05) is 109 Å². The minimum atomic E-state index is -0.129. The average molecular weight is 701 g/mol. The fourth-order valence-electron chi connectivity index (χ4n) is 8.87. The molecule has 0 spiro atoms. The van der Waals surface area contributed by atoms with E-state index in [0.29, 0.717) is 17.0 Å². The van der Waals surface area contributed by atoms with Crippen LogP contribution in [-0.4, -0.2) is 9.97 Å². The highest BCUT2D eigenvalue weighted by Gasteiger charge is 2.43. The molecule has 7 aromatic carbocycles. The molecule has 5 heteroatoms. The van der Waals surface area contributed by atoms with Crippen molar-refractivity contribution in [3.63, 3.8) is 0 Å². The summed E-state index contributed by atoms with van der Waals surface area (Å²) in [5.41, 5.74) is 16.2. The van der Waals surface area contributed by atoms with Crippen LogP contribution in [0.15, 0.2) is 162 Å². The lowest BCUT2D eigenvalue weighted by molar-refractivity contribution is 0.669. The molecule has 0 aliphatic heterocycles. The lowest BCUT2D eigenvalue weighted by Crippen LogP contribution is -2.28. The molecule has 3 aliphatic carbocycles. The molecule has 5 nitrogen and oxygen atoms in total. The van der Waals surface area contributed by atoms with Crippen molar-refractivity contribution in [2.75, 3.05) is 0 Å². The van der Waals surface area contributed by atoms with Gasteiger partial charge < -0.3 is 4.42 Å². The molecule has 9 aromatic rings. The molecule has 55 heavy (non-hydrogen) atoms. The van der Waals surface area contributed by atoms with Gasteiger partial charge in [0.05, 0.1) is 34.7 Å². The van der Waals surface area contributed by atoms with E-state index in [2.05, 4.69) is 103 Å². The van der Waals surface area contributed by atoms with Crippen molar-refractivity contribution in [2.24, 2.45) is 0 Å². The molecule has 254 valence electrons.